The molecule has 15 heavy (non-hydrogen) atoms. The molecule has 0 radical (unpaired) electrons. The molecular formula is C13H18BrF. The van der Waals surface area contributed by atoms with E-state index in [9.17, 15) is 4.39 Å². The minimum absolute atomic E-state index is 0.143. The zero-order valence-electron chi connectivity index (χ0n) is 9.34. The van der Waals surface area contributed by atoms with E-state index < -0.39 is 0 Å². The average Bonchev–Trinajstić information content (AvgIpc) is 2.15. The van der Waals surface area contributed by atoms with Gasteiger partial charge in [0, 0.05) is 4.83 Å². The standard InChI is InChI=1S/C13H18BrF/c1-10(2)6-7-12(14)8-11-4-3-5-13(15)9-11/h3-5,9-10,12H,6-8H2,1-2H3. The fourth-order valence-corrected chi connectivity index (χ4v) is 2.17. The van der Waals surface area contributed by atoms with Gasteiger partial charge in [-0.05, 0) is 42.9 Å². The number of rotatable bonds is 5. The second-order valence-electron chi connectivity index (χ2n) is 4.40. The third kappa shape index (κ3) is 5.31. The minimum atomic E-state index is -0.143. The molecule has 84 valence electrons. The second kappa shape index (κ2) is 6.26. The summed E-state index contributed by atoms with van der Waals surface area (Å²) in [5.41, 5.74) is 1.07. The molecule has 0 aliphatic carbocycles. The molecule has 0 aromatic heterocycles. The van der Waals surface area contributed by atoms with Crippen LogP contribution in [0, 0.1) is 11.7 Å². The Morgan fingerprint density at radius 1 is 1.27 bits per heavy atom. The van der Waals surface area contributed by atoms with Gasteiger partial charge in [-0.2, -0.15) is 0 Å². The van der Waals surface area contributed by atoms with Crippen molar-refractivity contribution in [2.75, 3.05) is 0 Å². The highest BCUT2D eigenvalue weighted by atomic mass is 79.9. The molecule has 2 heteroatoms. The first-order valence-electron chi connectivity index (χ1n) is 5.46. The summed E-state index contributed by atoms with van der Waals surface area (Å²) >= 11 is 3.65. The molecule has 1 aromatic rings. The molecule has 1 atom stereocenters. The van der Waals surface area contributed by atoms with E-state index in [2.05, 4.69) is 29.8 Å². The molecule has 0 N–H and O–H groups in total. The Kier molecular flexibility index (Phi) is 5.30. The summed E-state index contributed by atoms with van der Waals surface area (Å²) in [5, 5.41) is 0. The number of hydrogen-bond donors (Lipinski definition) is 0. The monoisotopic (exact) mass is 272 g/mol. The van der Waals surface area contributed by atoms with Crippen LogP contribution in [0.3, 0.4) is 0 Å². The molecule has 0 aliphatic heterocycles. The number of benzene rings is 1. The van der Waals surface area contributed by atoms with Crippen LogP contribution in [0.25, 0.3) is 0 Å². The van der Waals surface area contributed by atoms with Gasteiger partial charge in [0.2, 0.25) is 0 Å². The fourth-order valence-electron chi connectivity index (χ4n) is 1.54. The van der Waals surface area contributed by atoms with Crippen LogP contribution >= 0.6 is 15.9 Å². The third-order valence-corrected chi connectivity index (χ3v) is 3.19. The van der Waals surface area contributed by atoms with Gasteiger partial charge in [0.15, 0.2) is 0 Å². The second-order valence-corrected chi connectivity index (χ2v) is 5.70. The summed E-state index contributed by atoms with van der Waals surface area (Å²) in [5.74, 6) is 0.591. The molecular weight excluding hydrogens is 255 g/mol. The number of halogens is 2. The van der Waals surface area contributed by atoms with E-state index in [0.717, 1.165) is 24.3 Å². The largest absolute Gasteiger partial charge is 0.207 e. The summed E-state index contributed by atoms with van der Waals surface area (Å²) in [7, 11) is 0. The van der Waals surface area contributed by atoms with E-state index in [0.29, 0.717) is 4.83 Å². The zero-order valence-corrected chi connectivity index (χ0v) is 10.9. The molecule has 1 rings (SSSR count). The lowest BCUT2D eigenvalue weighted by molar-refractivity contribution is 0.546. The van der Waals surface area contributed by atoms with E-state index >= 15 is 0 Å². The van der Waals surface area contributed by atoms with Crippen LogP contribution in [-0.4, -0.2) is 4.83 Å². The van der Waals surface area contributed by atoms with Crippen LogP contribution in [0.1, 0.15) is 32.3 Å². The van der Waals surface area contributed by atoms with Crippen LogP contribution in [0.15, 0.2) is 24.3 Å². The number of hydrogen-bond acceptors (Lipinski definition) is 0. The topological polar surface area (TPSA) is 0 Å². The summed E-state index contributed by atoms with van der Waals surface area (Å²) in [6.45, 7) is 4.45. The van der Waals surface area contributed by atoms with Crippen LogP contribution in [-0.2, 0) is 6.42 Å². The summed E-state index contributed by atoms with van der Waals surface area (Å²) in [6.07, 6.45) is 3.27. The quantitative estimate of drug-likeness (QED) is 0.689. The third-order valence-electron chi connectivity index (χ3n) is 2.40. The van der Waals surface area contributed by atoms with E-state index in [1.165, 1.54) is 12.5 Å². The predicted molar refractivity (Wildman–Crippen MR) is 66.9 cm³/mol. The van der Waals surface area contributed by atoms with Gasteiger partial charge in [-0.25, -0.2) is 4.39 Å². The van der Waals surface area contributed by atoms with Gasteiger partial charge in [0.25, 0.3) is 0 Å². The molecule has 0 bridgehead atoms. The first-order valence-corrected chi connectivity index (χ1v) is 6.38. The lowest BCUT2D eigenvalue weighted by Crippen LogP contribution is -2.04. The molecule has 1 unspecified atom stereocenters. The van der Waals surface area contributed by atoms with Crippen LogP contribution < -0.4 is 0 Å². The Balaban J connectivity index is 2.40. The van der Waals surface area contributed by atoms with Crippen molar-refractivity contribution in [2.24, 2.45) is 5.92 Å². The Morgan fingerprint density at radius 3 is 2.60 bits per heavy atom. The Labute approximate surface area is 100 Å². The van der Waals surface area contributed by atoms with Gasteiger partial charge in [0.05, 0.1) is 0 Å². The molecule has 1 aromatic carbocycles. The predicted octanol–water partition coefficient (Wildman–Crippen LogP) is 4.57. The Bertz CT molecular complexity index is 296. The smallest absolute Gasteiger partial charge is 0.123 e. The van der Waals surface area contributed by atoms with Gasteiger partial charge in [-0.3, -0.25) is 0 Å². The SMILES string of the molecule is CC(C)CCC(Br)Cc1cccc(F)c1. The van der Waals surface area contributed by atoms with Crippen molar-refractivity contribution >= 4 is 15.9 Å². The van der Waals surface area contributed by atoms with Crippen molar-refractivity contribution in [1.29, 1.82) is 0 Å². The molecule has 0 saturated heterocycles. The highest BCUT2D eigenvalue weighted by molar-refractivity contribution is 9.09. The summed E-state index contributed by atoms with van der Waals surface area (Å²) in [4.78, 5) is 0.460. The molecule has 0 heterocycles. The lowest BCUT2D eigenvalue weighted by atomic mass is 10.0. The fraction of sp³-hybridized carbons (Fsp3) is 0.538. The first kappa shape index (κ1) is 12.7. The molecule has 0 amide bonds. The van der Waals surface area contributed by atoms with Crippen LogP contribution in [0.2, 0.25) is 0 Å². The van der Waals surface area contributed by atoms with Crippen molar-refractivity contribution in [3.05, 3.63) is 35.6 Å². The highest BCUT2D eigenvalue weighted by Crippen LogP contribution is 2.18. The maximum atomic E-state index is 12.9. The van der Waals surface area contributed by atoms with Gasteiger partial charge < -0.3 is 0 Å². The van der Waals surface area contributed by atoms with Gasteiger partial charge >= 0.3 is 0 Å². The first-order chi connectivity index (χ1) is 7.08. The normalized spacial score (nSPS) is 13.1. The van der Waals surface area contributed by atoms with E-state index in [4.69, 9.17) is 0 Å². The van der Waals surface area contributed by atoms with Crippen molar-refractivity contribution < 1.29 is 4.39 Å². The van der Waals surface area contributed by atoms with Crippen molar-refractivity contribution in [3.63, 3.8) is 0 Å². The minimum Gasteiger partial charge on any atom is -0.207 e. The van der Waals surface area contributed by atoms with Crippen LogP contribution in [0.4, 0.5) is 4.39 Å². The molecule has 0 aliphatic rings. The Morgan fingerprint density at radius 2 is 2.00 bits per heavy atom. The van der Waals surface area contributed by atoms with Gasteiger partial charge in [0.1, 0.15) is 5.82 Å². The molecule has 0 nitrogen and oxygen atoms in total. The van der Waals surface area contributed by atoms with E-state index in [1.54, 1.807) is 12.1 Å². The lowest BCUT2D eigenvalue weighted by Gasteiger charge is -2.11. The van der Waals surface area contributed by atoms with Crippen molar-refractivity contribution in [3.8, 4) is 0 Å². The molecule has 0 fully saturated rings. The molecule has 0 spiro atoms. The average molecular weight is 273 g/mol. The summed E-state index contributed by atoms with van der Waals surface area (Å²) < 4.78 is 12.9. The van der Waals surface area contributed by atoms with Crippen LogP contribution in [0.5, 0.6) is 0 Å². The maximum absolute atomic E-state index is 12.9. The highest BCUT2D eigenvalue weighted by Gasteiger charge is 2.07. The zero-order chi connectivity index (χ0) is 11.3. The number of alkyl halides is 1. The van der Waals surface area contributed by atoms with Crippen molar-refractivity contribution in [1.82, 2.24) is 0 Å². The van der Waals surface area contributed by atoms with Crippen molar-refractivity contribution in [2.45, 2.75) is 37.9 Å². The summed E-state index contributed by atoms with van der Waals surface area (Å²) in [6, 6.07) is 6.85. The van der Waals surface area contributed by atoms with Gasteiger partial charge in [-0.1, -0.05) is 41.9 Å². The Hall–Kier alpha value is -0.370. The van der Waals surface area contributed by atoms with Gasteiger partial charge in [-0.15, -0.1) is 0 Å². The van der Waals surface area contributed by atoms with E-state index in [1.807, 2.05) is 6.07 Å². The maximum Gasteiger partial charge on any atom is 0.123 e. The van der Waals surface area contributed by atoms with E-state index in [-0.39, 0.29) is 5.82 Å². The molecule has 0 saturated carbocycles.